The van der Waals surface area contributed by atoms with Gasteiger partial charge in [-0.05, 0) is 44.0 Å². The molecule has 0 fully saturated rings. The minimum atomic E-state index is -1.07. The van der Waals surface area contributed by atoms with Gasteiger partial charge in [0.05, 0.1) is 16.2 Å². The van der Waals surface area contributed by atoms with Crippen LogP contribution < -0.4 is 5.32 Å². The standard InChI is InChI=1S/C19H20N2O6/c1-19(2,3)27-18(24)20-16-11-14(21(25)26)9-8-13(16)10-12-6-4-5-7-15(12)17(22)23/h4-9,11H,10H2,1-3H3,(H,20,24)(H,22,23). The number of carboxylic acids is 1. The molecular weight excluding hydrogens is 352 g/mol. The van der Waals surface area contributed by atoms with Gasteiger partial charge in [0.15, 0.2) is 0 Å². The van der Waals surface area contributed by atoms with Crippen molar-refractivity contribution in [3.05, 3.63) is 69.3 Å². The lowest BCUT2D eigenvalue weighted by molar-refractivity contribution is -0.384. The summed E-state index contributed by atoms with van der Waals surface area (Å²) in [4.78, 5) is 34.0. The molecule has 0 aliphatic heterocycles. The van der Waals surface area contributed by atoms with E-state index in [1.165, 1.54) is 24.3 Å². The van der Waals surface area contributed by atoms with Gasteiger partial charge in [0, 0.05) is 18.6 Å². The summed E-state index contributed by atoms with van der Waals surface area (Å²) >= 11 is 0. The van der Waals surface area contributed by atoms with Crippen LogP contribution in [-0.2, 0) is 11.2 Å². The van der Waals surface area contributed by atoms with E-state index in [0.29, 0.717) is 11.1 Å². The molecule has 0 aliphatic rings. The van der Waals surface area contributed by atoms with Gasteiger partial charge < -0.3 is 9.84 Å². The molecule has 8 heteroatoms. The number of nitrogens with zero attached hydrogens (tertiary/aromatic N) is 1. The van der Waals surface area contributed by atoms with Crippen molar-refractivity contribution in [1.82, 2.24) is 0 Å². The fourth-order valence-electron chi connectivity index (χ4n) is 2.45. The van der Waals surface area contributed by atoms with Crippen molar-refractivity contribution in [3.63, 3.8) is 0 Å². The van der Waals surface area contributed by atoms with E-state index in [9.17, 15) is 24.8 Å². The third-order valence-electron chi connectivity index (χ3n) is 3.57. The van der Waals surface area contributed by atoms with Crippen molar-refractivity contribution in [2.24, 2.45) is 0 Å². The van der Waals surface area contributed by atoms with Crippen LogP contribution in [0.1, 0.15) is 42.3 Å². The number of carboxylic acid groups (broad SMARTS) is 1. The average molecular weight is 372 g/mol. The van der Waals surface area contributed by atoms with Crippen molar-refractivity contribution >= 4 is 23.4 Å². The van der Waals surface area contributed by atoms with Gasteiger partial charge in [-0.25, -0.2) is 9.59 Å². The van der Waals surface area contributed by atoms with Crippen molar-refractivity contribution in [2.75, 3.05) is 5.32 Å². The van der Waals surface area contributed by atoms with Gasteiger partial charge in [0.25, 0.3) is 5.69 Å². The fraction of sp³-hybridized carbons (Fsp3) is 0.263. The Morgan fingerprint density at radius 2 is 1.81 bits per heavy atom. The molecule has 2 aromatic carbocycles. The second-order valence-corrected chi connectivity index (χ2v) is 6.86. The van der Waals surface area contributed by atoms with Crippen LogP contribution in [0, 0.1) is 10.1 Å². The molecule has 0 saturated heterocycles. The second kappa shape index (κ2) is 7.86. The molecule has 8 nitrogen and oxygen atoms in total. The summed E-state index contributed by atoms with van der Waals surface area (Å²) in [7, 11) is 0. The zero-order chi connectivity index (χ0) is 20.2. The van der Waals surface area contributed by atoms with Crippen molar-refractivity contribution in [1.29, 1.82) is 0 Å². The molecule has 1 amide bonds. The highest BCUT2D eigenvalue weighted by molar-refractivity contribution is 5.90. The van der Waals surface area contributed by atoms with Crippen LogP contribution in [0.4, 0.5) is 16.2 Å². The van der Waals surface area contributed by atoms with Crippen molar-refractivity contribution in [3.8, 4) is 0 Å². The number of rotatable bonds is 5. The van der Waals surface area contributed by atoms with Crippen LogP contribution in [0.15, 0.2) is 42.5 Å². The highest BCUT2D eigenvalue weighted by atomic mass is 16.6. The van der Waals surface area contributed by atoms with Gasteiger partial charge in [-0.15, -0.1) is 0 Å². The van der Waals surface area contributed by atoms with Crippen molar-refractivity contribution < 1.29 is 24.4 Å². The van der Waals surface area contributed by atoms with E-state index >= 15 is 0 Å². The monoisotopic (exact) mass is 372 g/mol. The summed E-state index contributed by atoms with van der Waals surface area (Å²) in [6.07, 6.45) is -0.582. The van der Waals surface area contributed by atoms with E-state index in [1.54, 1.807) is 39.0 Å². The van der Waals surface area contributed by atoms with Gasteiger partial charge in [-0.3, -0.25) is 15.4 Å². The normalized spacial score (nSPS) is 10.9. The fourth-order valence-corrected chi connectivity index (χ4v) is 2.45. The lowest BCUT2D eigenvalue weighted by atomic mass is 9.98. The lowest BCUT2D eigenvalue weighted by Crippen LogP contribution is -2.27. The van der Waals surface area contributed by atoms with E-state index < -0.39 is 22.6 Å². The number of hydrogen-bond donors (Lipinski definition) is 2. The van der Waals surface area contributed by atoms with E-state index in [1.807, 2.05) is 0 Å². The Morgan fingerprint density at radius 3 is 2.41 bits per heavy atom. The van der Waals surface area contributed by atoms with Gasteiger partial charge >= 0.3 is 12.1 Å². The number of hydrogen-bond acceptors (Lipinski definition) is 5. The molecular formula is C19H20N2O6. The van der Waals surface area contributed by atoms with Crippen LogP contribution in [-0.4, -0.2) is 27.7 Å². The molecule has 2 rings (SSSR count). The number of benzene rings is 2. The molecule has 0 aliphatic carbocycles. The third kappa shape index (κ3) is 5.53. The Balaban J connectivity index is 2.40. The molecule has 0 atom stereocenters. The molecule has 0 saturated carbocycles. The summed E-state index contributed by atoms with van der Waals surface area (Å²) in [5.74, 6) is -1.07. The van der Waals surface area contributed by atoms with E-state index in [-0.39, 0.29) is 23.4 Å². The number of carbonyl (C=O) groups is 2. The van der Waals surface area contributed by atoms with Gasteiger partial charge in [0.1, 0.15) is 5.60 Å². The van der Waals surface area contributed by atoms with Crippen LogP contribution in [0.3, 0.4) is 0 Å². The van der Waals surface area contributed by atoms with Crippen LogP contribution >= 0.6 is 0 Å². The third-order valence-corrected chi connectivity index (χ3v) is 3.57. The predicted molar refractivity (Wildman–Crippen MR) is 99.2 cm³/mol. The smallest absolute Gasteiger partial charge is 0.412 e. The summed E-state index contributed by atoms with van der Waals surface area (Å²) in [6, 6.07) is 10.5. The highest BCUT2D eigenvalue weighted by Gasteiger charge is 2.20. The van der Waals surface area contributed by atoms with E-state index in [0.717, 1.165) is 0 Å². The number of carbonyl (C=O) groups excluding carboxylic acids is 1. The zero-order valence-electron chi connectivity index (χ0n) is 15.2. The summed E-state index contributed by atoms with van der Waals surface area (Å²) in [6.45, 7) is 5.10. The molecule has 2 N–H and O–H groups in total. The molecule has 27 heavy (non-hydrogen) atoms. The Morgan fingerprint density at radius 1 is 1.15 bits per heavy atom. The highest BCUT2D eigenvalue weighted by Crippen LogP contribution is 2.26. The first-order chi connectivity index (χ1) is 12.6. The number of nitrogens with one attached hydrogen (secondary N) is 1. The van der Waals surface area contributed by atoms with Crippen molar-refractivity contribution in [2.45, 2.75) is 32.8 Å². The maximum absolute atomic E-state index is 12.1. The quantitative estimate of drug-likeness (QED) is 0.599. The minimum Gasteiger partial charge on any atom is -0.478 e. The number of anilines is 1. The SMILES string of the molecule is CC(C)(C)OC(=O)Nc1cc([N+](=O)[O-])ccc1Cc1ccccc1C(=O)O. The second-order valence-electron chi connectivity index (χ2n) is 6.86. The average Bonchev–Trinajstić information content (AvgIpc) is 2.54. The largest absolute Gasteiger partial charge is 0.478 e. The van der Waals surface area contributed by atoms with Gasteiger partial charge in [-0.2, -0.15) is 0 Å². The Bertz CT molecular complexity index is 886. The number of nitro benzene ring substituents is 1. The maximum Gasteiger partial charge on any atom is 0.412 e. The number of amides is 1. The molecule has 0 aromatic heterocycles. The molecule has 2 aromatic rings. The van der Waals surface area contributed by atoms with Gasteiger partial charge in [0.2, 0.25) is 0 Å². The minimum absolute atomic E-state index is 0.124. The Hall–Kier alpha value is -3.42. The molecule has 0 spiro atoms. The first-order valence-corrected chi connectivity index (χ1v) is 8.15. The first-order valence-electron chi connectivity index (χ1n) is 8.15. The Labute approximate surface area is 155 Å². The first kappa shape index (κ1) is 19.9. The van der Waals surface area contributed by atoms with E-state index in [2.05, 4.69) is 5.32 Å². The number of non-ortho nitro benzene ring substituents is 1. The van der Waals surface area contributed by atoms with E-state index in [4.69, 9.17) is 4.74 Å². The molecule has 0 heterocycles. The molecule has 0 unspecified atom stereocenters. The number of aromatic carboxylic acids is 1. The summed E-state index contributed by atoms with van der Waals surface area (Å²) < 4.78 is 5.20. The predicted octanol–water partition coefficient (Wildman–Crippen LogP) is 4.23. The maximum atomic E-state index is 12.1. The summed E-state index contributed by atoms with van der Waals surface area (Å²) in [5, 5.41) is 22.9. The molecule has 142 valence electrons. The topological polar surface area (TPSA) is 119 Å². The molecule has 0 radical (unpaired) electrons. The van der Waals surface area contributed by atoms with Gasteiger partial charge in [-0.1, -0.05) is 18.2 Å². The zero-order valence-corrected chi connectivity index (χ0v) is 15.2. The number of nitro groups is 1. The van der Waals surface area contributed by atoms with Crippen LogP contribution in [0.5, 0.6) is 0 Å². The summed E-state index contributed by atoms with van der Waals surface area (Å²) in [5.41, 5.74) is 0.432. The lowest BCUT2D eigenvalue weighted by Gasteiger charge is -2.20. The van der Waals surface area contributed by atoms with Crippen LogP contribution in [0.2, 0.25) is 0 Å². The Kier molecular flexibility index (Phi) is 5.79. The molecule has 0 bridgehead atoms. The van der Waals surface area contributed by atoms with Crippen LogP contribution in [0.25, 0.3) is 0 Å². The number of ether oxygens (including phenoxy) is 1.